The first-order valence-corrected chi connectivity index (χ1v) is 8.77. The third-order valence-electron chi connectivity index (χ3n) is 4.05. The molecule has 0 aliphatic carbocycles. The van der Waals surface area contributed by atoms with Crippen LogP contribution in [-0.2, 0) is 15.0 Å². The van der Waals surface area contributed by atoms with Gasteiger partial charge in [0.25, 0.3) is 10.2 Å². The Kier molecular flexibility index (Phi) is 5.36. The third-order valence-corrected chi connectivity index (χ3v) is 4.62. The lowest BCUT2D eigenvalue weighted by atomic mass is 9.94. The minimum Gasteiger partial charge on any atom is -0.342 e. The molecule has 0 aromatic heterocycles. The van der Waals surface area contributed by atoms with E-state index in [1.54, 1.807) is 0 Å². The van der Waals surface area contributed by atoms with Crippen molar-refractivity contribution in [1.29, 1.82) is 0 Å². The Hall–Kier alpha value is -0.700. The van der Waals surface area contributed by atoms with Crippen molar-refractivity contribution in [2.75, 3.05) is 32.7 Å². The molecule has 0 spiro atoms. The van der Waals surface area contributed by atoms with Crippen LogP contribution in [0.1, 0.15) is 25.7 Å². The van der Waals surface area contributed by atoms with E-state index in [-0.39, 0.29) is 17.7 Å². The second-order valence-corrected chi connectivity index (χ2v) is 7.11. The molecule has 1 unspecified atom stereocenters. The molecule has 116 valence electrons. The van der Waals surface area contributed by atoms with E-state index in [4.69, 9.17) is 5.14 Å². The van der Waals surface area contributed by atoms with E-state index in [1.807, 2.05) is 4.90 Å². The van der Waals surface area contributed by atoms with Crippen LogP contribution in [0.15, 0.2) is 0 Å². The summed E-state index contributed by atoms with van der Waals surface area (Å²) in [4.78, 5) is 14.3. The molecule has 2 rings (SSSR count). The number of carbonyl (C=O) groups is 1. The standard InChI is InChI=1S/C12H24N4O3S/c13-20(18,19)15-7-10-3-2-6-16(9-10)12(17)11-4-1-5-14-8-11/h10-11,14-15H,1-9H2,(H2,13,18,19)/t10?,11-/m1/s1. The van der Waals surface area contributed by atoms with Crippen molar-refractivity contribution in [2.45, 2.75) is 25.7 Å². The zero-order chi connectivity index (χ0) is 14.6. The fraction of sp³-hybridized carbons (Fsp3) is 0.917. The molecule has 2 atom stereocenters. The number of amides is 1. The first kappa shape index (κ1) is 15.7. The van der Waals surface area contributed by atoms with Crippen molar-refractivity contribution >= 4 is 16.1 Å². The number of hydrogen-bond donors (Lipinski definition) is 3. The van der Waals surface area contributed by atoms with E-state index in [1.165, 1.54) is 0 Å². The fourth-order valence-corrected chi connectivity index (χ4v) is 3.45. The van der Waals surface area contributed by atoms with Crippen LogP contribution < -0.4 is 15.2 Å². The van der Waals surface area contributed by atoms with Gasteiger partial charge in [-0.1, -0.05) is 0 Å². The highest BCUT2D eigenvalue weighted by molar-refractivity contribution is 7.87. The molecule has 2 aliphatic heterocycles. The van der Waals surface area contributed by atoms with Gasteiger partial charge in [0, 0.05) is 26.2 Å². The maximum atomic E-state index is 12.4. The van der Waals surface area contributed by atoms with Crippen LogP contribution in [0.4, 0.5) is 0 Å². The number of likely N-dealkylation sites (tertiary alicyclic amines) is 1. The van der Waals surface area contributed by atoms with E-state index in [2.05, 4.69) is 10.0 Å². The number of nitrogens with zero attached hydrogens (tertiary/aromatic N) is 1. The minimum atomic E-state index is -3.65. The summed E-state index contributed by atoms with van der Waals surface area (Å²) >= 11 is 0. The summed E-state index contributed by atoms with van der Waals surface area (Å²) in [7, 11) is -3.65. The summed E-state index contributed by atoms with van der Waals surface area (Å²) in [5.41, 5.74) is 0. The smallest absolute Gasteiger partial charge is 0.274 e. The molecule has 0 aromatic carbocycles. The van der Waals surface area contributed by atoms with Crippen molar-refractivity contribution < 1.29 is 13.2 Å². The normalized spacial score (nSPS) is 28.4. The highest BCUT2D eigenvalue weighted by Gasteiger charge is 2.29. The van der Waals surface area contributed by atoms with Crippen molar-refractivity contribution in [3.63, 3.8) is 0 Å². The zero-order valence-corrected chi connectivity index (χ0v) is 12.5. The molecule has 0 saturated carbocycles. The Morgan fingerprint density at radius 1 is 1.35 bits per heavy atom. The highest BCUT2D eigenvalue weighted by Crippen LogP contribution is 2.20. The number of rotatable bonds is 4. The molecule has 2 heterocycles. The first-order valence-electron chi connectivity index (χ1n) is 7.22. The van der Waals surface area contributed by atoms with Crippen molar-refractivity contribution in [1.82, 2.24) is 14.9 Å². The molecule has 2 fully saturated rings. The van der Waals surface area contributed by atoms with E-state index in [0.29, 0.717) is 13.1 Å². The van der Waals surface area contributed by atoms with Gasteiger partial charge >= 0.3 is 0 Å². The third kappa shape index (κ3) is 4.69. The van der Waals surface area contributed by atoms with Gasteiger partial charge in [-0.3, -0.25) is 4.79 Å². The Labute approximate surface area is 120 Å². The second kappa shape index (κ2) is 6.84. The zero-order valence-electron chi connectivity index (χ0n) is 11.7. The van der Waals surface area contributed by atoms with Gasteiger partial charge in [-0.2, -0.15) is 8.42 Å². The molecule has 7 nitrogen and oxygen atoms in total. The topological polar surface area (TPSA) is 105 Å². The van der Waals surface area contributed by atoms with Crippen LogP contribution in [-0.4, -0.2) is 51.9 Å². The summed E-state index contributed by atoms with van der Waals surface area (Å²) in [6.07, 6.45) is 3.83. The summed E-state index contributed by atoms with van der Waals surface area (Å²) in [6, 6.07) is 0. The largest absolute Gasteiger partial charge is 0.342 e. The fourth-order valence-electron chi connectivity index (χ4n) is 2.99. The number of nitrogens with two attached hydrogens (primary N) is 1. The van der Waals surface area contributed by atoms with Crippen molar-refractivity contribution in [3.8, 4) is 0 Å². The van der Waals surface area contributed by atoms with Gasteiger partial charge in [-0.15, -0.1) is 0 Å². The lowest BCUT2D eigenvalue weighted by molar-refractivity contribution is -0.137. The van der Waals surface area contributed by atoms with Gasteiger partial charge in [0.05, 0.1) is 5.92 Å². The van der Waals surface area contributed by atoms with Crippen molar-refractivity contribution in [2.24, 2.45) is 17.0 Å². The molecule has 20 heavy (non-hydrogen) atoms. The molecule has 0 aromatic rings. The van der Waals surface area contributed by atoms with E-state index >= 15 is 0 Å². The van der Waals surface area contributed by atoms with Gasteiger partial charge in [-0.05, 0) is 38.1 Å². The second-order valence-electron chi connectivity index (χ2n) is 5.73. The first-order chi connectivity index (χ1) is 9.46. The predicted octanol–water partition coefficient (Wildman–Crippen LogP) is -0.982. The monoisotopic (exact) mass is 304 g/mol. The van der Waals surface area contributed by atoms with Gasteiger partial charge in [0.15, 0.2) is 0 Å². The molecular weight excluding hydrogens is 280 g/mol. The van der Waals surface area contributed by atoms with Crippen molar-refractivity contribution in [3.05, 3.63) is 0 Å². The van der Waals surface area contributed by atoms with E-state index in [9.17, 15) is 13.2 Å². The number of piperidine rings is 2. The molecule has 4 N–H and O–H groups in total. The van der Waals surface area contributed by atoms with E-state index < -0.39 is 10.2 Å². The quantitative estimate of drug-likeness (QED) is 0.621. The summed E-state index contributed by atoms with van der Waals surface area (Å²) in [5, 5.41) is 8.19. The summed E-state index contributed by atoms with van der Waals surface area (Å²) in [6.45, 7) is 3.46. The molecule has 0 bridgehead atoms. The lowest BCUT2D eigenvalue weighted by Gasteiger charge is -2.36. The molecular formula is C12H24N4O3S. The highest BCUT2D eigenvalue weighted by atomic mass is 32.2. The maximum Gasteiger partial charge on any atom is 0.274 e. The van der Waals surface area contributed by atoms with Crippen LogP contribution in [0.25, 0.3) is 0 Å². The van der Waals surface area contributed by atoms with Crippen LogP contribution >= 0.6 is 0 Å². The van der Waals surface area contributed by atoms with Crippen LogP contribution in [0.5, 0.6) is 0 Å². The van der Waals surface area contributed by atoms with Crippen LogP contribution in [0, 0.1) is 11.8 Å². The van der Waals surface area contributed by atoms with Crippen LogP contribution in [0.3, 0.4) is 0 Å². The van der Waals surface area contributed by atoms with Gasteiger partial charge in [0.1, 0.15) is 0 Å². The van der Waals surface area contributed by atoms with Gasteiger partial charge < -0.3 is 10.2 Å². The predicted molar refractivity (Wildman–Crippen MR) is 76.0 cm³/mol. The molecule has 0 radical (unpaired) electrons. The van der Waals surface area contributed by atoms with Gasteiger partial charge in [0.2, 0.25) is 5.91 Å². The molecule has 1 amide bonds. The average molecular weight is 304 g/mol. The summed E-state index contributed by atoms with van der Waals surface area (Å²) in [5.74, 6) is 0.439. The molecule has 8 heteroatoms. The average Bonchev–Trinajstić information content (AvgIpc) is 2.45. The Balaban J connectivity index is 1.84. The number of nitrogens with one attached hydrogen (secondary N) is 2. The lowest BCUT2D eigenvalue weighted by Crippen LogP contribution is -2.48. The maximum absolute atomic E-state index is 12.4. The Morgan fingerprint density at radius 3 is 2.80 bits per heavy atom. The Bertz CT molecular complexity index is 434. The van der Waals surface area contributed by atoms with Gasteiger partial charge in [-0.25, -0.2) is 9.86 Å². The summed E-state index contributed by atoms with van der Waals surface area (Å²) < 4.78 is 24.2. The SMILES string of the molecule is NS(=O)(=O)NCC1CCCN(C(=O)[C@@H]2CCCNC2)C1. The number of carbonyl (C=O) groups excluding carboxylic acids is 1. The molecule has 2 aliphatic rings. The Morgan fingerprint density at radius 2 is 2.15 bits per heavy atom. The number of hydrogen-bond acceptors (Lipinski definition) is 4. The molecule has 2 saturated heterocycles. The van der Waals surface area contributed by atoms with Crippen LogP contribution in [0.2, 0.25) is 0 Å². The minimum absolute atomic E-state index is 0.0775. The van der Waals surface area contributed by atoms with E-state index in [0.717, 1.165) is 45.3 Å².